The summed E-state index contributed by atoms with van der Waals surface area (Å²) in [4.78, 5) is 42.8. The van der Waals surface area contributed by atoms with Crippen molar-refractivity contribution in [3.63, 3.8) is 0 Å². The highest BCUT2D eigenvalue weighted by molar-refractivity contribution is 5.99. The third-order valence-corrected chi connectivity index (χ3v) is 7.85. The van der Waals surface area contributed by atoms with Gasteiger partial charge in [0.1, 0.15) is 11.6 Å². The molecule has 8 heteroatoms. The molecule has 3 heterocycles. The van der Waals surface area contributed by atoms with E-state index in [4.69, 9.17) is 4.74 Å². The van der Waals surface area contributed by atoms with Gasteiger partial charge in [0.05, 0.1) is 17.4 Å². The monoisotopic (exact) mass is 493 g/mol. The Balaban J connectivity index is 1.94. The van der Waals surface area contributed by atoms with Gasteiger partial charge in [0.15, 0.2) is 0 Å². The lowest BCUT2D eigenvalue weighted by molar-refractivity contribution is -0.147. The van der Waals surface area contributed by atoms with Gasteiger partial charge in [-0.1, -0.05) is 27.7 Å². The Morgan fingerprint density at radius 1 is 1.11 bits per heavy atom. The predicted molar refractivity (Wildman–Crippen MR) is 134 cm³/mol. The molecule has 2 unspecified atom stereocenters. The molecule has 0 aliphatic carbocycles. The molecular weight excluding hydrogens is 446 g/mol. The van der Waals surface area contributed by atoms with Crippen molar-refractivity contribution in [1.29, 1.82) is 0 Å². The second-order valence-electron chi connectivity index (χ2n) is 12.9. The van der Waals surface area contributed by atoms with Gasteiger partial charge in [0.2, 0.25) is 17.7 Å². The molecule has 3 aliphatic heterocycles. The standard InChI is InChI=1S/C27H47N3O5/c1-8-14-28-21(32)18-19-23(34)30(15-10-9-11-16-31)20(27(19)13-12-26(18,7)35-27)22(33)29-25(5,6)17-24(2,3)4/h18-20,31H,8-17H2,1-7H3,(H,28,32)(H,29,33)/t18-,19-,20?,26+,27?/m0/s1. The van der Waals surface area contributed by atoms with E-state index in [-0.39, 0.29) is 29.7 Å². The summed E-state index contributed by atoms with van der Waals surface area (Å²) in [5.41, 5.74) is -2.18. The van der Waals surface area contributed by atoms with Gasteiger partial charge < -0.3 is 25.4 Å². The highest BCUT2D eigenvalue weighted by atomic mass is 16.5. The zero-order chi connectivity index (χ0) is 26.2. The van der Waals surface area contributed by atoms with Crippen LogP contribution in [0.4, 0.5) is 0 Å². The number of rotatable bonds is 11. The average Bonchev–Trinajstić information content (AvgIpc) is 3.28. The number of likely N-dealkylation sites (tertiary alicyclic amines) is 1. The van der Waals surface area contributed by atoms with Crippen LogP contribution in [0.15, 0.2) is 0 Å². The summed E-state index contributed by atoms with van der Waals surface area (Å²) in [6.07, 6.45) is 4.93. The molecule has 2 bridgehead atoms. The van der Waals surface area contributed by atoms with Gasteiger partial charge in [0.25, 0.3) is 0 Å². The van der Waals surface area contributed by atoms with Gasteiger partial charge in [-0.3, -0.25) is 14.4 Å². The topological polar surface area (TPSA) is 108 Å². The maximum absolute atomic E-state index is 13.9. The van der Waals surface area contributed by atoms with Crippen LogP contribution >= 0.6 is 0 Å². The van der Waals surface area contributed by atoms with Gasteiger partial charge in [-0.15, -0.1) is 0 Å². The van der Waals surface area contributed by atoms with Gasteiger partial charge in [0, 0.05) is 25.2 Å². The molecule has 1 spiro atoms. The number of hydrogen-bond donors (Lipinski definition) is 3. The van der Waals surface area contributed by atoms with Crippen molar-refractivity contribution in [3.8, 4) is 0 Å². The van der Waals surface area contributed by atoms with E-state index in [1.54, 1.807) is 4.90 Å². The van der Waals surface area contributed by atoms with Crippen molar-refractivity contribution in [2.24, 2.45) is 17.3 Å². The molecule has 0 aromatic heterocycles. The molecule has 0 radical (unpaired) electrons. The first-order chi connectivity index (χ1) is 16.2. The maximum Gasteiger partial charge on any atom is 0.246 e. The number of aliphatic hydroxyl groups is 1. The van der Waals surface area contributed by atoms with Crippen LogP contribution in [0.25, 0.3) is 0 Å². The Kier molecular flexibility index (Phi) is 7.98. The minimum absolute atomic E-state index is 0.0192. The molecule has 35 heavy (non-hydrogen) atoms. The Bertz CT molecular complexity index is 822. The Labute approximate surface area is 210 Å². The van der Waals surface area contributed by atoms with E-state index in [0.29, 0.717) is 38.8 Å². The molecule has 0 saturated carbocycles. The molecule has 0 aromatic carbocycles. The van der Waals surface area contributed by atoms with E-state index in [1.165, 1.54) is 0 Å². The highest BCUT2D eigenvalue weighted by Gasteiger charge is 2.77. The van der Waals surface area contributed by atoms with Crippen molar-refractivity contribution in [1.82, 2.24) is 15.5 Å². The van der Waals surface area contributed by atoms with E-state index < -0.39 is 34.6 Å². The third kappa shape index (κ3) is 5.38. The number of nitrogens with zero attached hydrogens (tertiary/aromatic N) is 1. The first-order valence-electron chi connectivity index (χ1n) is 13.4. The summed E-state index contributed by atoms with van der Waals surface area (Å²) in [7, 11) is 0. The van der Waals surface area contributed by atoms with Crippen LogP contribution in [0.2, 0.25) is 0 Å². The van der Waals surface area contributed by atoms with Crippen molar-refractivity contribution in [2.75, 3.05) is 19.7 Å². The summed E-state index contributed by atoms with van der Waals surface area (Å²) in [5.74, 6) is -1.75. The lowest BCUT2D eigenvalue weighted by atomic mass is 9.66. The zero-order valence-corrected chi connectivity index (χ0v) is 22.8. The Hall–Kier alpha value is -1.67. The third-order valence-electron chi connectivity index (χ3n) is 7.85. The normalized spacial score (nSPS) is 32.2. The molecule has 8 nitrogen and oxygen atoms in total. The number of fused-ring (bicyclic) bond motifs is 1. The van der Waals surface area contributed by atoms with Crippen LogP contribution in [0.5, 0.6) is 0 Å². The van der Waals surface area contributed by atoms with Gasteiger partial charge >= 0.3 is 0 Å². The number of nitrogens with one attached hydrogen (secondary N) is 2. The van der Waals surface area contributed by atoms with Crippen molar-refractivity contribution >= 4 is 17.7 Å². The zero-order valence-electron chi connectivity index (χ0n) is 22.8. The number of aliphatic hydroxyl groups excluding tert-OH is 1. The summed E-state index contributed by atoms with van der Waals surface area (Å²) < 4.78 is 6.64. The van der Waals surface area contributed by atoms with Crippen LogP contribution in [0.1, 0.15) is 93.4 Å². The Morgan fingerprint density at radius 2 is 1.80 bits per heavy atom. The fourth-order valence-corrected chi connectivity index (χ4v) is 7.07. The average molecular weight is 494 g/mol. The molecule has 3 fully saturated rings. The van der Waals surface area contributed by atoms with Crippen LogP contribution < -0.4 is 10.6 Å². The number of ether oxygens (including phenoxy) is 1. The van der Waals surface area contributed by atoms with E-state index in [0.717, 1.165) is 19.3 Å². The van der Waals surface area contributed by atoms with Gasteiger partial charge in [-0.05, 0) is 71.1 Å². The maximum atomic E-state index is 13.9. The highest BCUT2D eigenvalue weighted by Crippen LogP contribution is 2.63. The molecule has 3 amide bonds. The van der Waals surface area contributed by atoms with Crippen molar-refractivity contribution < 1.29 is 24.2 Å². The first kappa shape index (κ1) is 27.9. The molecule has 3 aliphatic rings. The van der Waals surface area contributed by atoms with E-state index in [2.05, 4.69) is 31.4 Å². The van der Waals surface area contributed by atoms with Gasteiger partial charge in [-0.25, -0.2) is 0 Å². The number of unbranched alkanes of at least 4 members (excludes halogenated alkanes) is 2. The summed E-state index contributed by atoms with van der Waals surface area (Å²) in [6, 6.07) is -0.765. The molecule has 200 valence electrons. The minimum atomic E-state index is -0.987. The summed E-state index contributed by atoms with van der Waals surface area (Å²) in [6.45, 7) is 15.5. The fourth-order valence-electron chi connectivity index (χ4n) is 7.07. The lowest BCUT2D eigenvalue weighted by Gasteiger charge is -2.38. The molecule has 5 atom stereocenters. The number of hydrogen-bond acceptors (Lipinski definition) is 5. The second-order valence-corrected chi connectivity index (χ2v) is 12.9. The molecule has 3 saturated heterocycles. The number of carbonyl (C=O) groups is 3. The minimum Gasteiger partial charge on any atom is -0.396 e. The largest absolute Gasteiger partial charge is 0.396 e. The predicted octanol–water partition coefficient (Wildman–Crippen LogP) is 2.77. The Morgan fingerprint density at radius 3 is 2.40 bits per heavy atom. The van der Waals surface area contributed by atoms with Crippen LogP contribution in [0.3, 0.4) is 0 Å². The number of amides is 3. The molecule has 3 N–H and O–H groups in total. The van der Waals surface area contributed by atoms with Crippen LogP contribution in [0, 0.1) is 17.3 Å². The van der Waals surface area contributed by atoms with Crippen molar-refractivity contribution in [2.45, 2.75) is 116 Å². The molecule has 0 aromatic rings. The smallest absolute Gasteiger partial charge is 0.246 e. The van der Waals surface area contributed by atoms with Crippen molar-refractivity contribution in [3.05, 3.63) is 0 Å². The van der Waals surface area contributed by atoms with E-state index in [1.807, 2.05) is 27.7 Å². The lowest BCUT2D eigenvalue weighted by Crippen LogP contribution is -2.59. The van der Waals surface area contributed by atoms with Gasteiger partial charge in [-0.2, -0.15) is 0 Å². The second kappa shape index (κ2) is 10.0. The summed E-state index contributed by atoms with van der Waals surface area (Å²) >= 11 is 0. The van der Waals surface area contributed by atoms with E-state index in [9.17, 15) is 19.5 Å². The fraction of sp³-hybridized carbons (Fsp3) is 0.889. The number of carbonyl (C=O) groups excluding carboxylic acids is 3. The van der Waals surface area contributed by atoms with E-state index >= 15 is 0 Å². The summed E-state index contributed by atoms with van der Waals surface area (Å²) in [5, 5.41) is 15.4. The quantitative estimate of drug-likeness (QED) is 0.384. The first-order valence-corrected chi connectivity index (χ1v) is 13.4. The molecular formula is C27H47N3O5. The molecule has 3 rings (SSSR count). The SMILES string of the molecule is CCCNC(=O)[C@@H]1[C@H]2C(=O)N(CCCCCO)C(C(=O)NC(C)(C)CC(C)(C)C)C23CC[C@@]1(C)O3. The van der Waals surface area contributed by atoms with Crippen LogP contribution in [-0.4, -0.2) is 70.2 Å². The van der Waals surface area contributed by atoms with Crippen LogP contribution in [-0.2, 0) is 19.1 Å².